The van der Waals surface area contributed by atoms with Crippen LogP contribution in [0.25, 0.3) is 5.70 Å². The van der Waals surface area contributed by atoms with Gasteiger partial charge in [0.1, 0.15) is 0 Å². The van der Waals surface area contributed by atoms with Crippen molar-refractivity contribution in [1.82, 2.24) is 4.98 Å². The largest absolute Gasteiger partial charge is 0.399 e. The quantitative estimate of drug-likeness (QED) is 0.786. The first-order valence-corrected chi connectivity index (χ1v) is 4.73. The van der Waals surface area contributed by atoms with E-state index in [4.69, 9.17) is 5.73 Å². The topological polar surface area (TPSA) is 38.9 Å². The minimum atomic E-state index is 0.595. The Morgan fingerprint density at radius 1 is 1.75 bits per heavy atom. The number of halogens is 1. The molecule has 0 aliphatic heterocycles. The van der Waals surface area contributed by atoms with Gasteiger partial charge in [0.05, 0.1) is 5.69 Å². The Kier molecular flexibility index (Phi) is 2.87. The number of alkyl halides is 1. The van der Waals surface area contributed by atoms with Crippen molar-refractivity contribution in [1.29, 1.82) is 0 Å². The molecule has 0 spiro atoms. The first-order chi connectivity index (χ1) is 5.65. The molecule has 0 saturated heterocycles. The lowest BCUT2D eigenvalue weighted by atomic mass is 10.1. The highest BCUT2D eigenvalue weighted by molar-refractivity contribution is 9.08. The van der Waals surface area contributed by atoms with E-state index in [9.17, 15) is 0 Å². The molecule has 12 heavy (non-hydrogen) atoms. The summed E-state index contributed by atoms with van der Waals surface area (Å²) in [4.78, 5) is 4.20. The van der Waals surface area contributed by atoms with E-state index in [0.717, 1.165) is 22.2 Å². The predicted molar refractivity (Wildman–Crippen MR) is 54.8 cm³/mol. The molecule has 0 saturated carbocycles. The SMILES string of the molecule is C=C(N)c1cc(CBr)ncc1C. The normalized spacial score (nSPS) is 9.83. The fourth-order valence-corrected chi connectivity index (χ4v) is 1.29. The Morgan fingerprint density at radius 3 is 2.92 bits per heavy atom. The molecule has 1 aromatic heterocycles. The standard InChI is InChI=1S/C9H11BrN2/c1-6-5-12-8(4-10)3-9(6)7(2)11/h3,5H,2,4,11H2,1H3. The molecule has 0 aromatic carbocycles. The summed E-state index contributed by atoms with van der Waals surface area (Å²) in [6, 6.07) is 1.95. The third-order valence-corrected chi connectivity index (χ3v) is 2.22. The zero-order valence-electron chi connectivity index (χ0n) is 6.97. The molecule has 0 amide bonds. The lowest BCUT2D eigenvalue weighted by molar-refractivity contribution is 1.14. The zero-order chi connectivity index (χ0) is 9.14. The summed E-state index contributed by atoms with van der Waals surface area (Å²) < 4.78 is 0. The summed E-state index contributed by atoms with van der Waals surface area (Å²) in [6.45, 7) is 5.67. The molecule has 1 heterocycles. The van der Waals surface area contributed by atoms with Gasteiger partial charge < -0.3 is 5.73 Å². The maximum absolute atomic E-state index is 5.60. The van der Waals surface area contributed by atoms with E-state index in [2.05, 4.69) is 27.5 Å². The van der Waals surface area contributed by atoms with Gasteiger partial charge in [-0.15, -0.1) is 0 Å². The molecule has 1 aromatic rings. The van der Waals surface area contributed by atoms with E-state index in [1.54, 1.807) is 0 Å². The maximum Gasteiger partial charge on any atom is 0.0516 e. The summed E-state index contributed by atoms with van der Waals surface area (Å²) in [6.07, 6.45) is 1.81. The maximum atomic E-state index is 5.60. The van der Waals surface area contributed by atoms with Crippen LogP contribution in [-0.2, 0) is 5.33 Å². The molecule has 0 bridgehead atoms. The minimum Gasteiger partial charge on any atom is -0.399 e. The molecule has 0 aliphatic rings. The molecule has 1 rings (SSSR count). The van der Waals surface area contributed by atoms with Gasteiger partial charge in [0, 0.05) is 22.8 Å². The van der Waals surface area contributed by atoms with Crippen LogP contribution >= 0.6 is 15.9 Å². The Bertz CT molecular complexity index is 307. The van der Waals surface area contributed by atoms with Gasteiger partial charge >= 0.3 is 0 Å². The lowest BCUT2D eigenvalue weighted by Crippen LogP contribution is -1.99. The molecule has 0 unspecified atom stereocenters. The Morgan fingerprint density at radius 2 is 2.42 bits per heavy atom. The molecule has 2 nitrogen and oxygen atoms in total. The first kappa shape index (κ1) is 9.26. The zero-order valence-corrected chi connectivity index (χ0v) is 8.56. The van der Waals surface area contributed by atoms with Gasteiger partial charge in [-0.1, -0.05) is 22.5 Å². The van der Waals surface area contributed by atoms with Crippen LogP contribution in [-0.4, -0.2) is 4.98 Å². The number of hydrogen-bond donors (Lipinski definition) is 1. The van der Waals surface area contributed by atoms with Gasteiger partial charge in [-0.2, -0.15) is 0 Å². The minimum absolute atomic E-state index is 0.595. The average Bonchev–Trinajstić information content (AvgIpc) is 2.05. The van der Waals surface area contributed by atoms with E-state index >= 15 is 0 Å². The van der Waals surface area contributed by atoms with E-state index in [0.29, 0.717) is 5.70 Å². The van der Waals surface area contributed by atoms with Crippen molar-refractivity contribution < 1.29 is 0 Å². The highest BCUT2D eigenvalue weighted by atomic mass is 79.9. The fourth-order valence-electron chi connectivity index (χ4n) is 0.986. The Balaban J connectivity index is 3.17. The molecule has 0 radical (unpaired) electrons. The fraction of sp³-hybridized carbons (Fsp3) is 0.222. The van der Waals surface area contributed by atoms with Gasteiger partial charge in [0.25, 0.3) is 0 Å². The average molecular weight is 227 g/mol. The Labute approximate surface area is 80.6 Å². The molecule has 3 heteroatoms. The van der Waals surface area contributed by atoms with Crippen molar-refractivity contribution in [3.8, 4) is 0 Å². The number of aryl methyl sites for hydroxylation is 1. The first-order valence-electron chi connectivity index (χ1n) is 3.61. The summed E-state index contributed by atoms with van der Waals surface area (Å²) in [5.74, 6) is 0. The van der Waals surface area contributed by atoms with Crippen molar-refractivity contribution >= 4 is 21.6 Å². The van der Waals surface area contributed by atoms with Crippen LogP contribution in [0, 0.1) is 6.92 Å². The van der Waals surface area contributed by atoms with Gasteiger partial charge in [-0.25, -0.2) is 0 Å². The van der Waals surface area contributed by atoms with E-state index in [1.807, 2.05) is 19.2 Å². The number of nitrogens with two attached hydrogens (primary N) is 1. The van der Waals surface area contributed by atoms with Crippen LogP contribution in [0.5, 0.6) is 0 Å². The molecule has 0 atom stereocenters. The van der Waals surface area contributed by atoms with Crippen molar-refractivity contribution in [3.63, 3.8) is 0 Å². The molecule has 64 valence electrons. The second kappa shape index (κ2) is 3.72. The second-order valence-electron chi connectivity index (χ2n) is 2.65. The summed E-state index contributed by atoms with van der Waals surface area (Å²) in [5.41, 5.74) is 9.22. The lowest BCUT2D eigenvalue weighted by Gasteiger charge is -2.05. The van der Waals surface area contributed by atoms with Crippen molar-refractivity contribution in [2.75, 3.05) is 0 Å². The van der Waals surface area contributed by atoms with E-state index in [-0.39, 0.29) is 0 Å². The number of aromatic nitrogens is 1. The van der Waals surface area contributed by atoms with E-state index < -0.39 is 0 Å². The van der Waals surface area contributed by atoms with Crippen LogP contribution in [0.2, 0.25) is 0 Å². The smallest absolute Gasteiger partial charge is 0.0516 e. The summed E-state index contributed by atoms with van der Waals surface area (Å²) in [7, 11) is 0. The molecular weight excluding hydrogens is 216 g/mol. The highest BCUT2D eigenvalue weighted by Crippen LogP contribution is 2.14. The third kappa shape index (κ3) is 1.85. The third-order valence-electron chi connectivity index (χ3n) is 1.64. The van der Waals surface area contributed by atoms with Crippen LogP contribution in [0.15, 0.2) is 18.8 Å². The summed E-state index contributed by atoms with van der Waals surface area (Å²) >= 11 is 3.33. The Hall–Kier alpha value is -0.830. The monoisotopic (exact) mass is 226 g/mol. The number of rotatable bonds is 2. The van der Waals surface area contributed by atoms with Crippen molar-refractivity contribution in [2.24, 2.45) is 5.73 Å². The van der Waals surface area contributed by atoms with Gasteiger partial charge in [-0.05, 0) is 18.6 Å². The highest BCUT2D eigenvalue weighted by Gasteiger charge is 2.01. The number of nitrogens with zero attached hydrogens (tertiary/aromatic N) is 1. The molecular formula is C9H11BrN2. The van der Waals surface area contributed by atoms with Crippen molar-refractivity contribution in [3.05, 3.63) is 35.7 Å². The molecule has 2 N–H and O–H groups in total. The number of pyridine rings is 1. The molecule has 0 fully saturated rings. The van der Waals surface area contributed by atoms with E-state index in [1.165, 1.54) is 0 Å². The number of hydrogen-bond acceptors (Lipinski definition) is 2. The van der Waals surface area contributed by atoms with Crippen LogP contribution in [0.1, 0.15) is 16.8 Å². The van der Waals surface area contributed by atoms with Gasteiger partial charge in [0.15, 0.2) is 0 Å². The van der Waals surface area contributed by atoms with Crippen LogP contribution in [0.4, 0.5) is 0 Å². The molecule has 0 aliphatic carbocycles. The van der Waals surface area contributed by atoms with Crippen molar-refractivity contribution in [2.45, 2.75) is 12.3 Å². The van der Waals surface area contributed by atoms with Gasteiger partial charge in [0.2, 0.25) is 0 Å². The second-order valence-corrected chi connectivity index (χ2v) is 3.21. The predicted octanol–water partition coefficient (Wildman–Crippen LogP) is 2.21. The van der Waals surface area contributed by atoms with Gasteiger partial charge in [-0.3, -0.25) is 4.98 Å². The van der Waals surface area contributed by atoms with Crippen LogP contribution < -0.4 is 5.73 Å². The summed E-state index contributed by atoms with van der Waals surface area (Å²) in [5, 5.41) is 0.744. The van der Waals surface area contributed by atoms with Crippen LogP contribution in [0.3, 0.4) is 0 Å².